The lowest BCUT2D eigenvalue weighted by molar-refractivity contribution is -0.141. The first kappa shape index (κ1) is 19.5. The van der Waals surface area contributed by atoms with Gasteiger partial charge in [0.05, 0.1) is 6.54 Å². The summed E-state index contributed by atoms with van der Waals surface area (Å²) in [7, 11) is 0. The standard InChI is InChI=1S/C22H23F3N4O/c23-22(24,25)20-6-5-15(10-26-20)11-27-12-17-9-18(13-27)29(17)14-21(30)28-8-7-16-3-1-2-4-19(16)28/h1-6,10,17-18H,7-9,11-14H2. The fraction of sp³-hybridized carbons (Fsp3) is 0.455. The Morgan fingerprint density at radius 3 is 2.57 bits per heavy atom. The topological polar surface area (TPSA) is 39.7 Å². The summed E-state index contributed by atoms with van der Waals surface area (Å²) in [6.45, 7) is 3.40. The second-order valence-corrected chi connectivity index (χ2v) is 8.38. The number of carbonyl (C=O) groups is 1. The predicted molar refractivity (Wildman–Crippen MR) is 106 cm³/mol. The van der Waals surface area contributed by atoms with Gasteiger partial charge in [-0.15, -0.1) is 0 Å². The van der Waals surface area contributed by atoms with E-state index in [0.717, 1.165) is 49.8 Å². The zero-order valence-electron chi connectivity index (χ0n) is 16.5. The van der Waals surface area contributed by atoms with E-state index in [2.05, 4.69) is 20.9 Å². The maximum atomic E-state index is 12.9. The Morgan fingerprint density at radius 2 is 1.87 bits per heavy atom. The van der Waals surface area contributed by atoms with Crippen molar-refractivity contribution >= 4 is 11.6 Å². The average molecular weight is 416 g/mol. The highest BCUT2D eigenvalue weighted by atomic mass is 19.4. The van der Waals surface area contributed by atoms with Crippen molar-refractivity contribution in [2.45, 2.75) is 37.6 Å². The molecule has 2 unspecified atom stereocenters. The molecule has 3 saturated heterocycles. The van der Waals surface area contributed by atoms with Crippen LogP contribution in [0.3, 0.4) is 0 Å². The number of nitrogens with zero attached hydrogens (tertiary/aromatic N) is 4. The summed E-state index contributed by atoms with van der Waals surface area (Å²) in [6, 6.07) is 11.3. The molecule has 4 aliphatic heterocycles. The Kier molecular flexibility index (Phi) is 4.78. The predicted octanol–water partition coefficient (Wildman–Crippen LogP) is 2.95. The molecule has 3 fully saturated rings. The molecule has 5 heterocycles. The maximum Gasteiger partial charge on any atom is 0.433 e. The molecule has 0 saturated carbocycles. The van der Waals surface area contributed by atoms with Gasteiger partial charge in [-0.3, -0.25) is 19.6 Å². The van der Waals surface area contributed by atoms with Gasteiger partial charge in [0.1, 0.15) is 5.69 Å². The molecular weight excluding hydrogens is 393 g/mol. The number of alkyl halides is 3. The lowest BCUT2D eigenvalue weighted by Crippen LogP contribution is -2.69. The van der Waals surface area contributed by atoms with Crippen LogP contribution in [0.25, 0.3) is 0 Å². The number of hydrogen-bond donors (Lipinski definition) is 0. The normalized spacial score (nSPS) is 23.9. The lowest BCUT2D eigenvalue weighted by atomic mass is 9.87. The first-order valence-electron chi connectivity index (χ1n) is 10.3. The Morgan fingerprint density at radius 1 is 1.10 bits per heavy atom. The molecule has 4 aliphatic rings. The smallest absolute Gasteiger partial charge is 0.311 e. The zero-order valence-corrected chi connectivity index (χ0v) is 16.5. The number of piperazine rings is 1. The molecule has 2 atom stereocenters. The quantitative estimate of drug-likeness (QED) is 0.769. The molecule has 0 spiro atoms. The molecule has 1 aromatic heterocycles. The van der Waals surface area contributed by atoms with E-state index >= 15 is 0 Å². The second-order valence-electron chi connectivity index (χ2n) is 8.38. The number of halogens is 3. The van der Waals surface area contributed by atoms with Crippen molar-refractivity contribution in [3.8, 4) is 0 Å². The number of para-hydroxylation sites is 1. The van der Waals surface area contributed by atoms with Gasteiger partial charge < -0.3 is 4.90 Å². The van der Waals surface area contributed by atoms with Crippen LogP contribution in [0.4, 0.5) is 18.9 Å². The van der Waals surface area contributed by atoms with Crippen LogP contribution in [0, 0.1) is 0 Å². The molecule has 2 bridgehead atoms. The molecule has 8 heteroatoms. The first-order valence-corrected chi connectivity index (χ1v) is 10.3. The van der Waals surface area contributed by atoms with E-state index in [4.69, 9.17) is 0 Å². The highest BCUT2D eigenvalue weighted by molar-refractivity contribution is 5.96. The van der Waals surface area contributed by atoms with Crippen LogP contribution in [-0.2, 0) is 23.9 Å². The molecule has 0 radical (unpaired) electrons. The van der Waals surface area contributed by atoms with Crippen molar-refractivity contribution < 1.29 is 18.0 Å². The summed E-state index contributed by atoms with van der Waals surface area (Å²) in [5.41, 5.74) is 2.18. The van der Waals surface area contributed by atoms with Crippen LogP contribution in [-0.4, -0.2) is 59.0 Å². The highest BCUT2D eigenvalue weighted by Crippen LogP contribution is 2.34. The number of benzene rings is 1. The van der Waals surface area contributed by atoms with E-state index in [1.54, 1.807) is 0 Å². The monoisotopic (exact) mass is 416 g/mol. The number of carbonyl (C=O) groups excluding carboxylic acids is 1. The number of rotatable bonds is 4. The van der Waals surface area contributed by atoms with Crippen molar-refractivity contribution in [2.24, 2.45) is 0 Å². The maximum absolute atomic E-state index is 12.9. The fourth-order valence-electron chi connectivity index (χ4n) is 4.94. The van der Waals surface area contributed by atoms with Crippen LogP contribution in [0.1, 0.15) is 23.2 Å². The summed E-state index contributed by atoms with van der Waals surface area (Å²) in [5.74, 6) is 0.148. The Hall–Kier alpha value is -2.45. The first-order chi connectivity index (χ1) is 14.4. The van der Waals surface area contributed by atoms with E-state index in [1.807, 2.05) is 23.1 Å². The van der Waals surface area contributed by atoms with E-state index < -0.39 is 11.9 Å². The van der Waals surface area contributed by atoms with Crippen molar-refractivity contribution in [3.63, 3.8) is 0 Å². The minimum Gasteiger partial charge on any atom is -0.311 e. The second kappa shape index (κ2) is 7.35. The SMILES string of the molecule is O=C(CN1C2CC1CN(Cc1ccc(C(F)(F)F)nc1)C2)N1CCc2ccccc21. The van der Waals surface area contributed by atoms with Crippen LogP contribution in [0.2, 0.25) is 0 Å². The van der Waals surface area contributed by atoms with Gasteiger partial charge in [-0.2, -0.15) is 13.2 Å². The van der Waals surface area contributed by atoms with Gasteiger partial charge in [0, 0.05) is 50.1 Å². The third kappa shape index (κ3) is 3.58. The summed E-state index contributed by atoms with van der Waals surface area (Å²) in [5, 5.41) is 0. The minimum atomic E-state index is -4.41. The summed E-state index contributed by atoms with van der Waals surface area (Å²) in [4.78, 5) is 22.9. The largest absolute Gasteiger partial charge is 0.433 e. The molecular formula is C22H23F3N4O. The summed E-state index contributed by atoms with van der Waals surface area (Å²) in [6.07, 6.45) is -1.11. The number of hydrogen-bond acceptors (Lipinski definition) is 4. The van der Waals surface area contributed by atoms with Crippen LogP contribution in [0.5, 0.6) is 0 Å². The van der Waals surface area contributed by atoms with Gasteiger partial charge in [0.15, 0.2) is 0 Å². The average Bonchev–Trinajstić information content (AvgIpc) is 3.16. The van der Waals surface area contributed by atoms with Gasteiger partial charge in [-0.05, 0) is 36.1 Å². The van der Waals surface area contributed by atoms with E-state index in [0.29, 0.717) is 25.2 Å². The molecule has 30 heavy (non-hydrogen) atoms. The zero-order chi connectivity index (χ0) is 20.9. The molecule has 0 N–H and O–H groups in total. The Bertz CT molecular complexity index is 934. The van der Waals surface area contributed by atoms with E-state index in [9.17, 15) is 18.0 Å². The minimum absolute atomic E-state index is 0.148. The molecule has 2 aromatic rings. The van der Waals surface area contributed by atoms with E-state index in [-0.39, 0.29) is 5.91 Å². The molecule has 0 aliphatic carbocycles. The van der Waals surface area contributed by atoms with Gasteiger partial charge in [0.25, 0.3) is 0 Å². The van der Waals surface area contributed by atoms with Gasteiger partial charge in [-0.25, -0.2) is 0 Å². The number of pyridine rings is 1. The fourth-order valence-corrected chi connectivity index (χ4v) is 4.94. The lowest BCUT2D eigenvalue weighted by Gasteiger charge is -2.56. The molecule has 5 nitrogen and oxygen atoms in total. The Labute approximate surface area is 173 Å². The molecule has 6 rings (SSSR count). The van der Waals surface area contributed by atoms with Gasteiger partial charge in [0.2, 0.25) is 5.91 Å². The highest BCUT2D eigenvalue weighted by Gasteiger charge is 2.45. The van der Waals surface area contributed by atoms with Crippen molar-refractivity contribution in [3.05, 3.63) is 59.4 Å². The summed E-state index contributed by atoms with van der Waals surface area (Å²) >= 11 is 0. The molecule has 1 amide bonds. The van der Waals surface area contributed by atoms with Gasteiger partial charge in [-0.1, -0.05) is 24.3 Å². The number of amides is 1. The van der Waals surface area contributed by atoms with Crippen molar-refractivity contribution in [2.75, 3.05) is 31.1 Å². The number of aromatic nitrogens is 1. The van der Waals surface area contributed by atoms with Crippen molar-refractivity contribution in [1.82, 2.24) is 14.8 Å². The molecule has 1 aromatic carbocycles. The third-order valence-corrected chi connectivity index (χ3v) is 6.45. The van der Waals surface area contributed by atoms with Crippen LogP contribution >= 0.6 is 0 Å². The van der Waals surface area contributed by atoms with Gasteiger partial charge >= 0.3 is 6.18 Å². The molecule has 158 valence electrons. The number of fused-ring (bicyclic) bond motifs is 3. The van der Waals surface area contributed by atoms with Crippen molar-refractivity contribution in [1.29, 1.82) is 0 Å². The number of anilines is 1. The number of piperidine rings is 1. The Balaban J connectivity index is 1.16. The third-order valence-electron chi connectivity index (χ3n) is 6.45. The summed E-state index contributed by atoms with van der Waals surface area (Å²) < 4.78 is 38.0. The van der Waals surface area contributed by atoms with Crippen LogP contribution < -0.4 is 4.90 Å². The van der Waals surface area contributed by atoms with Crippen LogP contribution in [0.15, 0.2) is 42.6 Å². The van der Waals surface area contributed by atoms with E-state index in [1.165, 1.54) is 17.8 Å².